The zero-order chi connectivity index (χ0) is 13.7. The normalized spacial score (nSPS) is 11.9. The Hall–Kier alpha value is -1.51. The first kappa shape index (κ1) is 14.6. The number of halogens is 1. The molecule has 0 radical (unpaired) electrons. The monoisotopic (exact) mass is 317 g/mol. The summed E-state index contributed by atoms with van der Waals surface area (Å²) in [5, 5.41) is 13.1. The van der Waals surface area contributed by atoms with Crippen molar-refractivity contribution >= 4 is 33.2 Å². The lowest BCUT2D eigenvalue weighted by Gasteiger charge is -2.12. The van der Waals surface area contributed by atoms with Crippen LogP contribution < -0.4 is 11.1 Å². The molecule has 1 aromatic carbocycles. The molecule has 1 rings (SSSR count). The Bertz CT molecular complexity index is 466. The zero-order valence-corrected chi connectivity index (χ0v) is 11.1. The first-order valence-corrected chi connectivity index (χ1v) is 5.74. The zero-order valence-electron chi connectivity index (χ0n) is 9.55. The highest BCUT2D eigenvalue weighted by atomic mass is 79.9. The summed E-state index contributed by atoms with van der Waals surface area (Å²) in [6, 6.07) is 3.23. The summed E-state index contributed by atoms with van der Waals surface area (Å²) in [6.45, 7) is 0.0678. The second-order valence-corrected chi connectivity index (χ2v) is 4.33. The summed E-state index contributed by atoms with van der Waals surface area (Å²) in [5.41, 5.74) is 5.71. The number of anilines is 1. The lowest BCUT2D eigenvalue weighted by Crippen LogP contribution is -2.39. The first-order valence-electron chi connectivity index (χ1n) is 4.95. The van der Waals surface area contributed by atoms with E-state index in [4.69, 9.17) is 10.5 Å². The van der Waals surface area contributed by atoms with E-state index in [9.17, 15) is 14.9 Å². The smallest absolute Gasteiger partial charge is 0.271 e. The highest BCUT2D eigenvalue weighted by Crippen LogP contribution is 2.27. The standard InChI is InChI=1S/C10H12BrN3O4/c1-18-5-8(12)10(15)13-9-4-6(14(16)17)2-3-7(9)11/h2-4,8H,5,12H2,1H3,(H,13,15). The number of hydrogen-bond acceptors (Lipinski definition) is 5. The molecule has 0 saturated heterocycles. The van der Waals surface area contributed by atoms with Gasteiger partial charge in [0.05, 0.1) is 17.2 Å². The van der Waals surface area contributed by atoms with Crippen LogP contribution in [0.2, 0.25) is 0 Å². The Morgan fingerprint density at radius 1 is 1.67 bits per heavy atom. The molecule has 0 saturated carbocycles. The van der Waals surface area contributed by atoms with Crippen LogP contribution in [0.25, 0.3) is 0 Å². The number of non-ortho nitro benzene ring substituents is 1. The van der Waals surface area contributed by atoms with Crippen molar-refractivity contribution in [2.45, 2.75) is 6.04 Å². The van der Waals surface area contributed by atoms with Crippen LogP contribution in [0.15, 0.2) is 22.7 Å². The number of nitrogens with zero attached hydrogens (tertiary/aromatic N) is 1. The van der Waals surface area contributed by atoms with Gasteiger partial charge in [0, 0.05) is 23.7 Å². The second kappa shape index (κ2) is 6.43. The van der Waals surface area contributed by atoms with Crippen molar-refractivity contribution < 1.29 is 14.5 Å². The first-order chi connectivity index (χ1) is 8.45. The third-order valence-corrected chi connectivity index (χ3v) is 2.79. The van der Waals surface area contributed by atoms with Crippen LogP contribution >= 0.6 is 15.9 Å². The van der Waals surface area contributed by atoms with E-state index in [1.54, 1.807) is 0 Å². The molecular formula is C10H12BrN3O4. The van der Waals surface area contributed by atoms with E-state index < -0.39 is 16.9 Å². The second-order valence-electron chi connectivity index (χ2n) is 3.47. The van der Waals surface area contributed by atoms with Crippen LogP contribution in [0.1, 0.15) is 0 Å². The Kier molecular flexibility index (Phi) is 5.20. The summed E-state index contributed by atoms with van der Waals surface area (Å²) in [7, 11) is 1.43. The van der Waals surface area contributed by atoms with Gasteiger partial charge in [0.1, 0.15) is 6.04 Å². The van der Waals surface area contributed by atoms with Gasteiger partial charge in [-0.3, -0.25) is 14.9 Å². The number of amides is 1. The van der Waals surface area contributed by atoms with E-state index in [1.807, 2.05) is 0 Å². The third kappa shape index (κ3) is 3.76. The van der Waals surface area contributed by atoms with Gasteiger partial charge in [-0.15, -0.1) is 0 Å². The van der Waals surface area contributed by atoms with E-state index in [1.165, 1.54) is 25.3 Å². The molecule has 1 amide bonds. The molecule has 0 aliphatic heterocycles. The summed E-state index contributed by atoms with van der Waals surface area (Å²) in [6.07, 6.45) is 0. The molecule has 18 heavy (non-hydrogen) atoms. The molecule has 3 N–H and O–H groups in total. The molecule has 0 spiro atoms. The number of nitrogens with one attached hydrogen (secondary N) is 1. The van der Waals surface area contributed by atoms with Gasteiger partial charge in [0.25, 0.3) is 5.69 Å². The molecule has 0 fully saturated rings. The molecule has 0 aromatic heterocycles. The van der Waals surface area contributed by atoms with Crippen molar-refractivity contribution in [3.63, 3.8) is 0 Å². The number of rotatable bonds is 5. The Balaban J connectivity index is 2.86. The molecule has 0 aliphatic carbocycles. The summed E-state index contributed by atoms with van der Waals surface area (Å²) < 4.78 is 5.28. The molecule has 0 heterocycles. The van der Waals surface area contributed by atoms with Gasteiger partial charge in [-0.25, -0.2) is 0 Å². The van der Waals surface area contributed by atoms with Gasteiger partial charge in [0.15, 0.2) is 0 Å². The minimum atomic E-state index is -0.832. The predicted octanol–water partition coefficient (Wildman–Crippen LogP) is 1.27. The number of methoxy groups -OCH3 is 1. The van der Waals surface area contributed by atoms with Crippen LogP contribution in [0.4, 0.5) is 11.4 Å². The average molecular weight is 318 g/mol. The maximum atomic E-state index is 11.6. The van der Waals surface area contributed by atoms with Crippen molar-refractivity contribution in [3.8, 4) is 0 Å². The number of ether oxygens (including phenoxy) is 1. The van der Waals surface area contributed by atoms with Crippen molar-refractivity contribution in [3.05, 3.63) is 32.8 Å². The molecule has 8 heteroatoms. The largest absolute Gasteiger partial charge is 0.383 e. The molecule has 1 atom stereocenters. The Morgan fingerprint density at radius 2 is 2.33 bits per heavy atom. The predicted molar refractivity (Wildman–Crippen MR) is 69.3 cm³/mol. The minimum absolute atomic E-state index is 0.0678. The number of nitro benzene ring substituents is 1. The highest BCUT2D eigenvalue weighted by Gasteiger charge is 2.16. The van der Waals surface area contributed by atoms with Gasteiger partial charge >= 0.3 is 0 Å². The van der Waals surface area contributed by atoms with Gasteiger partial charge in [-0.1, -0.05) is 0 Å². The van der Waals surface area contributed by atoms with Crippen LogP contribution in [0, 0.1) is 10.1 Å². The van der Waals surface area contributed by atoms with Crippen LogP contribution in [-0.2, 0) is 9.53 Å². The Labute approximate surface area is 112 Å². The molecule has 1 aromatic rings. The lowest BCUT2D eigenvalue weighted by molar-refractivity contribution is -0.384. The van der Waals surface area contributed by atoms with Crippen LogP contribution in [0.5, 0.6) is 0 Å². The fourth-order valence-corrected chi connectivity index (χ4v) is 1.55. The van der Waals surface area contributed by atoms with E-state index >= 15 is 0 Å². The van der Waals surface area contributed by atoms with Crippen LogP contribution in [0.3, 0.4) is 0 Å². The molecular weight excluding hydrogens is 306 g/mol. The molecule has 0 aliphatic rings. The lowest BCUT2D eigenvalue weighted by atomic mass is 10.2. The molecule has 98 valence electrons. The SMILES string of the molecule is COCC(N)C(=O)Nc1cc([N+](=O)[O-])ccc1Br. The number of benzene rings is 1. The maximum absolute atomic E-state index is 11.6. The fraction of sp³-hybridized carbons (Fsp3) is 0.300. The molecule has 1 unspecified atom stereocenters. The number of carbonyl (C=O) groups excluding carboxylic acids is 1. The van der Waals surface area contributed by atoms with Gasteiger partial charge in [-0.2, -0.15) is 0 Å². The van der Waals surface area contributed by atoms with E-state index in [-0.39, 0.29) is 12.3 Å². The quantitative estimate of drug-likeness (QED) is 0.628. The van der Waals surface area contributed by atoms with Crippen molar-refractivity contribution in [1.82, 2.24) is 0 Å². The van der Waals surface area contributed by atoms with Crippen molar-refractivity contribution in [1.29, 1.82) is 0 Å². The molecule has 0 bridgehead atoms. The number of nitro groups is 1. The van der Waals surface area contributed by atoms with Crippen molar-refractivity contribution in [2.75, 3.05) is 19.0 Å². The van der Waals surface area contributed by atoms with Gasteiger partial charge in [-0.05, 0) is 22.0 Å². The highest BCUT2D eigenvalue weighted by molar-refractivity contribution is 9.10. The summed E-state index contributed by atoms with van der Waals surface area (Å²) >= 11 is 3.19. The number of nitrogens with two attached hydrogens (primary N) is 1. The number of hydrogen-bond donors (Lipinski definition) is 2. The van der Waals surface area contributed by atoms with Crippen LogP contribution in [-0.4, -0.2) is 30.6 Å². The topological polar surface area (TPSA) is 107 Å². The molecule has 7 nitrogen and oxygen atoms in total. The summed E-state index contributed by atoms with van der Waals surface area (Å²) in [5.74, 6) is -0.474. The van der Waals surface area contributed by atoms with Crippen molar-refractivity contribution in [2.24, 2.45) is 5.73 Å². The Morgan fingerprint density at radius 3 is 2.89 bits per heavy atom. The van der Waals surface area contributed by atoms with E-state index in [0.29, 0.717) is 10.2 Å². The summed E-state index contributed by atoms with van der Waals surface area (Å²) in [4.78, 5) is 21.7. The fourth-order valence-electron chi connectivity index (χ4n) is 1.20. The van der Waals surface area contributed by atoms with E-state index in [0.717, 1.165) is 0 Å². The van der Waals surface area contributed by atoms with Gasteiger partial charge < -0.3 is 15.8 Å². The third-order valence-electron chi connectivity index (χ3n) is 2.10. The number of carbonyl (C=O) groups is 1. The van der Waals surface area contributed by atoms with Gasteiger partial charge in [0.2, 0.25) is 5.91 Å². The minimum Gasteiger partial charge on any atom is -0.383 e. The maximum Gasteiger partial charge on any atom is 0.271 e. The average Bonchev–Trinajstić information content (AvgIpc) is 2.31. The van der Waals surface area contributed by atoms with E-state index in [2.05, 4.69) is 21.2 Å².